The summed E-state index contributed by atoms with van der Waals surface area (Å²) >= 11 is 0. The maximum absolute atomic E-state index is 12.5. The second-order valence-corrected chi connectivity index (χ2v) is 27.0. The lowest BCUT2D eigenvalue weighted by Gasteiger charge is -2.52. The Hall–Kier alpha value is -7.78. The number of aliphatic hydroxyl groups is 2. The van der Waals surface area contributed by atoms with E-state index in [2.05, 4.69) is 186 Å². The number of terminal acetylenes is 2. The van der Waals surface area contributed by atoms with E-state index in [-0.39, 0.29) is 10.8 Å². The molecular weight excluding hydrogens is 1040 g/mol. The molecule has 8 aromatic rings. The highest BCUT2D eigenvalue weighted by Gasteiger charge is 2.63. The number of phenols is 2. The van der Waals surface area contributed by atoms with Crippen molar-refractivity contribution in [1.29, 1.82) is 0 Å². The Bertz CT molecular complexity index is 3760. The monoisotopic (exact) mass is 1120 g/mol. The average molecular weight is 1120 g/mol. The molecule has 7 heterocycles. The lowest BCUT2D eigenvalue weighted by Crippen LogP contribution is -2.50. The first kappa shape index (κ1) is 53.0. The Balaban J connectivity index is 0.767. The minimum Gasteiger partial charge on any atom is -0.507 e. The van der Waals surface area contributed by atoms with Gasteiger partial charge in [0.15, 0.2) is 0 Å². The van der Waals surface area contributed by atoms with Gasteiger partial charge in [-0.15, -0.1) is 12.8 Å². The van der Waals surface area contributed by atoms with Gasteiger partial charge in [0, 0.05) is 33.1 Å². The maximum atomic E-state index is 12.5. The smallest absolute Gasteiger partial charge is 0.244 e. The highest BCUT2D eigenvalue weighted by Crippen LogP contribution is 2.66. The minimum atomic E-state index is -1.07. The molecule has 0 saturated heterocycles. The topological polar surface area (TPSA) is 142 Å². The van der Waals surface area contributed by atoms with Gasteiger partial charge in [0.2, 0.25) is 25.3 Å². The molecule has 15 rings (SSSR count). The summed E-state index contributed by atoms with van der Waals surface area (Å²) < 4.78 is 17.4. The van der Waals surface area contributed by atoms with Crippen LogP contribution < -0.4 is 18.3 Å². The van der Waals surface area contributed by atoms with Crippen LogP contribution in [0.15, 0.2) is 123 Å². The molecule has 14 heteroatoms. The molecule has 6 aliphatic carbocycles. The van der Waals surface area contributed by atoms with Crippen molar-refractivity contribution < 1.29 is 38.7 Å². The van der Waals surface area contributed by atoms with Gasteiger partial charge in [-0.3, -0.25) is 0 Å². The first-order valence-corrected chi connectivity index (χ1v) is 30.9. The van der Waals surface area contributed by atoms with E-state index in [9.17, 15) is 20.4 Å². The molecule has 6 aromatic heterocycles. The number of rotatable bonds is 0. The number of pyridine rings is 2. The normalized spacial score (nSPS) is 29.7. The van der Waals surface area contributed by atoms with Crippen LogP contribution in [0.3, 0.4) is 0 Å². The molecule has 2 aromatic carbocycles. The molecule has 428 valence electrons. The number of fused-ring (bicyclic) bond motifs is 28. The summed E-state index contributed by atoms with van der Waals surface area (Å²) in [5, 5.41) is 48.6. The van der Waals surface area contributed by atoms with Crippen LogP contribution in [0.2, 0.25) is 0 Å². The fraction of sp³-hybridized carbons (Fsp3) is 0.457. The fourth-order valence-electron chi connectivity index (χ4n) is 18.2. The average Bonchev–Trinajstić information content (AvgIpc) is 2.81. The van der Waals surface area contributed by atoms with E-state index in [0.29, 0.717) is 112 Å². The van der Waals surface area contributed by atoms with Crippen LogP contribution in [-0.4, -0.2) is 59.9 Å². The van der Waals surface area contributed by atoms with Gasteiger partial charge >= 0.3 is 0 Å². The Morgan fingerprint density at radius 2 is 0.845 bits per heavy atom. The predicted molar refractivity (Wildman–Crippen MR) is 313 cm³/mol. The molecule has 84 heavy (non-hydrogen) atoms. The highest BCUT2D eigenvalue weighted by atomic mass is 16.3. The van der Waals surface area contributed by atoms with Gasteiger partial charge in [0.05, 0.1) is 22.8 Å². The van der Waals surface area contributed by atoms with E-state index in [4.69, 9.17) is 22.8 Å². The van der Waals surface area contributed by atoms with E-state index in [1.807, 2.05) is 0 Å². The van der Waals surface area contributed by atoms with Crippen molar-refractivity contribution in [3.05, 3.63) is 191 Å². The lowest BCUT2D eigenvalue weighted by molar-refractivity contribution is -0.689. The Kier molecular flexibility index (Phi) is 12.6. The van der Waals surface area contributed by atoms with Gasteiger partial charge < -0.3 is 20.4 Å². The third-order valence-electron chi connectivity index (χ3n) is 22.7. The van der Waals surface area contributed by atoms with Crippen LogP contribution in [0.4, 0.5) is 0 Å². The molecule has 0 spiro atoms. The SMILES string of the molecule is C#C[C@]1(O)CC[C@H]2[C@@H]3CCc4c(cc5c(O)c4C[n+]4ccn(c4)Cc4cccc(n4)Cn4cc[n+](c4)Cc4c(O)c(cc6c4CC[C@@H]4[C@@H]6CC[C@@]6(C)[C@H]4CC[C@@]6(O)C#C)C[n+]4ccn(c4)Cc4cccc(n4)Cn4cc[n+](c4)C5)[C@H]3CC[C@@]21C. The first-order chi connectivity index (χ1) is 40.7. The molecule has 16 bridgehead atoms. The number of nitrogens with zero attached hydrogens (tertiary/aromatic N) is 10. The van der Waals surface area contributed by atoms with Crippen molar-refractivity contribution in [3.8, 4) is 36.2 Å². The molecular formula is C70H78N10O4+4. The summed E-state index contributed by atoms with van der Waals surface area (Å²) in [6.45, 7) is 8.94. The zero-order valence-electron chi connectivity index (χ0n) is 48.6. The Morgan fingerprint density at radius 3 is 1.20 bits per heavy atom. The molecule has 0 unspecified atom stereocenters. The molecule has 4 N–H and O–H groups in total. The van der Waals surface area contributed by atoms with Crippen molar-refractivity contribution in [2.24, 2.45) is 34.5 Å². The number of aromatic hydroxyl groups is 2. The number of imidazole rings is 4. The molecule has 0 amide bonds. The minimum absolute atomic E-state index is 0.300. The summed E-state index contributed by atoms with van der Waals surface area (Å²) in [5.41, 5.74) is 10.1. The van der Waals surface area contributed by atoms with Gasteiger partial charge in [-0.05, 0) is 171 Å². The summed E-state index contributed by atoms with van der Waals surface area (Å²) in [6.07, 6.45) is 48.1. The standard InChI is InChI=1S/C70H76N10O4/c1-5-69(83)23-19-63-57-15-13-53-59(55(57)17-21-67(63,69)3)33-47-35-73-25-27-75(43-73)37-49-9-7-10-50(71-49)38-76-28-26-74(44-76)36-48-34-60-54(14-16-58-56(60)18-22-68(4)64(58)20-24-70(68,84)6-2)62(66(48)82)42-80-32-30-78(46-80)40-52-12-8-11-51(72-52)39-77-29-31-79(45-77)41-61(53)65(47)81/h1-2,7-12,25-34,43-46,55-58,63-64,83-84H,13-24,35-42H2,3-4H3/q+2/p+2/t55-,56-,57+,58+,63-,64-,67-,68-,69-,70-/m0/s1. The number of hydrogen-bond donors (Lipinski definition) is 4. The van der Waals surface area contributed by atoms with E-state index in [0.717, 1.165) is 109 Å². The van der Waals surface area contributed by atoms with E-state index in [1.54, 1.807) is 0 Å². The van der Waals surface area contributed by atoms with E-state index in [1.165, 1.54) is 22.3 Å². The van der Waals surface area contributed by atoms with Gasteiger partial charge in [-0.25, -0.2) is 46.5 Å². The van der Waals surface area contributed by atoms with Crippen LogP contribution in [0, 0.1) is 59.2 Å². The number of phenolic OH excluding ortho intramolecular Hbond substituents is 2. The maximum Gasteiger partial charge on any atom is 0.244 e. The third kappa shape index (κ3) is 8.67. The number of benzene rings is 2. The van der Waals surface area contributed by atoms with Crippen molar-refractivity contribution in [1.82, 2.24) is 28.2 Å². The number of hydrogen-bond acceptors (Lipinski definition) is 6. The molecule has 7 aliphatic rings. The van der Waals surface area contributed by atoms with Crippen molar-refractivity contribution >= 4 is 0 Å². The Labute approximate surface area is 492 Å². The van der Waals surface area contributed by atoms with Gasteiger partial charge in [-0.1, -0.05) is 37.8 Å². The second-order valence-electron chi connectivity index (χ2n) is 27.0. The first-order valence-electron chi connectivity index (χ1n) is 30.9. The quantitative estimate of drug-likeness (QED) is 0.0923. The number of aromatic nitrogens is 10. The van der Waals surface area contributed by atoms with Gasteiger partial charge in [0.25, 0.3) is 0 Å². The fourth-order valence-corrected chi connectivity index (χ4v) is 18.2. The van der Waals surface area contributed by atoms with Crippen LogP contribution in [0.1, 0.15) is 157 Å². The summed E-state index contributed by atoms with van der Waals surface area (Å²) in [4.78, 5) is 10.3. The van der Waals surface area contributed by atoms with Gasteiger partial charge in [0.1, 0.15) is 125 Å². The van der Waals surface area contributed by atoms with Crippen LogP contribution >= 0.6 is 0 Å². The van der Waals surface area contributed by atoms with Crippen LogP contribution in [-0.2, 0) is 65.2 Å². The van der Waals surface area contributed by atoms with Crippen LogP contribution in [0.25, 0.3) is 0 Å². The third-order valence-corrected chi connectivity index (χ3v) is 22.7. The predicted octanol–water partition coefficient (Wildman–Crippen LogP) is 7.38. The second kappa shape index (κ2) is 19.9. The summed E-state index contributed by atoms with van der Waals surface area (Å²) in [5.74, 6) is 8.64. The lowest BCUT2D eigenvalue weighted by atomic mass is 9.53. The summed E-state index contributed by atoms with van der Waals surface area (Å²) in [6, 6.07) is 17.2. The molecule has 10 atom stereocenters. The molecule has 4 fully saturated rings. The van der Waals surface area contributed by atoms with Crippen molar-refractivity contribution in [3.63, 3.8) is 0 Å². The summed E-state index contributed by atoms with van der Waals surface area (Å²) in [7, 11) is 0. The van der Waals surface area contributed by atoms with E-state index < -0.39 is 11.2 Å². The van der Waals surface area contributed by atoms with Crippen LogP contribution in [0.5, 0.6) is 11.5 Å². The molecule has 4 saturated carbocycles. The largest absolute Gasteiger partial charge is 0.507 e. The van der Waals surface area contributed by atoms with Crippen molar-refractivity contribution in [2.45, 2.75) is 166 Å². The molecule has 14 nitrogen and oxygen atoms in total. The van der Waals surface area contributed by atoms with Crippen molar-refractivity contribution in [2.75, 3.05) is 0 Å². The highest BCUT2D eigenvalue weighted by molar-refractivity contribution is 5.54. The Morgan fingerprint density at radius 1 is 0.488 bits per heavy atom. The molecule has 1 aliphatic heterocycles. The zero-order valence-corrected chi connectivity index (χ0v) is 48.6. The zero-order chi connectivity index (χ0) is 57.3. The van der Waals surface area contributed by atoms with Gasteiger partial charge in [-0.2, -0.15) is 0 Å². The van der Waals surface area contributed by atoms with E-state index >= 15 is 0 Å². The molecule has 0 radical (unpaired) electrons.